The van der Waals surface area contributed by atoms with E-state index in [0.717, 1.165) is 6.07 Å². The summed E-state index contributed by atoms with van der Waals surface area (Å²) < 4.78 is 58.0. The van der Waals surface area contributed by atoms with Crippen LogP contribution in [0.4, 0.5) is 23.5 Å². The normalized spacial score (nSPS) is 20.5. The first-order valence-corrected chi connectivity index (χ1v) is 7.76. The molecule has 0 bridgehead atoms. The maximum absolute atomic E-state index is 13.2. The number of aliphatic hydroxyl groups is 1. The second-order valence-corrected chi connectivity index (χ2v) is 6.05. The maximum atomic E-state index is 13.2. The zero-order valence-corrected chi connectivity index (χ0v) is 13.5. The van der Waals surface area contributed by atoms with Crippen LogP contribution in [-0.4, -0.2) is 40.3 Å². The third-order valence-corrected chi connectivity index (χ3v) is 3.99. The molecule has 140 valence electrons. The molecular formula is C16H16F4N4O2. The van der Waals surface area contributed by atoms with Gasteiger partial charge in [0, 0.05) is 25.2 Å². The van der Waals surface area contributed by atoms with Gasteiger partial charge in [0.2, 0.25) is 11.8 Å². The number of alkyl halides is 3. The molecule has 10 heteroatoms. The van der Waals surface area contributed by atoms with Crippen molar-refractivity contribution in [2.24, 2.45) is 5.73 Å². The number of rotatable bonds is 4. The highest BCUT2D eigenvalue weighted by Crippen LogP contribution is 2.33. The van der Waals surface area contributed by atoms with Crippen LogP contribution in [-0.2, 0) is 6.18 Å². The molecule has 1 fully saturated rings. The van der Waals surface area contributed by atoms with Gasteiger partial charge in [-0.1, -0.05) is 6.07 Å². The fourth-order valence-electron chi connectivity index (χ4n) is 2.60. The van der Waals surface area contributed by atoms with Crippen LogP contribution in [0, 0.1) is 5.82 Å². The minimum absolute atomic E-state index is 0.00246. The summed E-state index contributed by atoms with van der Waals surface area (Å²) >= 11 is 0. The van der Waals surface area contributed by atoms with E-state index >= 15 is 0 Å². The van der Waals surface area contributed by atoms with Crippen LogP contribution in [0.25, 0.3) is 0 Å². The van der Waals surface area contributed by atoms with E-state index in [9.17, 15) is 22.7 Å². The smallest absolute Gasteiger partial charge is 0.433 e. The molecule has 0 amide bonds. The Morgan fingerprint density at radius 1 is 1.27 bits per heavy atom. The second-order valence-electron chi connectivity index (χ2n) is 6.05. The van der Waals surface area contributed by atoms with Crippen LogP contribution >= 0.6 is 0 Å². The van der Waals surface area contributed by atoms with Crippen molar-refractivity contribution in [2.45, 2.75) is 18.2 Å². The molecule has 3 rings (SSSR count). The number of aromatic nitrogens is 2. The number of nitrogens with two attached hydrogens (primary N) is 1. The summed E-state index contributed by atoms with van der Waals surface area (Å²) in [7, 11) is 0. The van der Waals surface area contributed by atoms with Gasteiger partial charge in [-0.05, 0) is 18.6 Å². The van der Waals surface area contributed by atoms with Crippen molar-refractivity contribution < 1.29 is 27.4 Å². The van der Waals surface area contributed by atoms with Gasteiger partial charge in [-0.3, -0.25) is 0 Å². The van der Waals surface area contributed by atoms with Crippen LogP contribution in [0.3, 0.4) is 0 Å². The largest absolute Gasteiger partial charge is 0.439 e. The first-order valence-electron chi connectivity index (χ1n) is 7.76. The van der Waals surface area contributed by atoms with E-state index in [2.05, 4.69) is 9.97 Å². The number of nitrogens with zero attached hydrogens (tertiary/aromatic N) is 3. The molecule has 6 nitrogen and oxygen atoms in total. The summed E-state index contributed by atoms with van der Waals surface area (Å²) in [5.74, 6) is -1.21. The van der Waals surface area contributed by atoms with E-state index in [1.165, 1.54) is 23.1 Å². The van der Waals surface area contributed by atoms with Crippen molar-refractivity contribution in [3.05, 3.63) is 41.8 Å². The quantitative estimate of drug-likeness (QED) is 0.802. The minimum atomic E-state index is -4.72. The van der Waals surface area contributed by atoms with Crippen molar-refractivity contribution in [3.63, 3.8) is 0 Å². The van der Waals surface area contributed by atoms with Crippen molar-refractivity contribution in [3.8, 4) is 11.6 Å². The topological polar surface area (TPSA) is 84.5 Å². The number of ether oxygens (including phenoxy) is 1. The van der Waals surface area contributed by atoms with E-state index in [4.69, 9.17) is 10.5 Å². The van der Waals surface area contributed by atoms with Gasteiger partial charge in [-0.15, -0.1) is 0 Å². The molecule has 0 saturated carbocycles. The monoisotopic (exact) mass is 372 g/mol. The Hall–Kier alpha value is -2.46. The molecule has 3 N–H and O–H groups in total. The molecule has 2 heterocycles. The molecule has 0 spiro atoms. The van der Waals surface area contributed by atoms with E-state index < -0.39 is 23.3 Å². The number of hydrogen-bond donors (Lipinski definition) is 2. The summed E-state index contributed by atoms with van der Waals surface area (Å²) in [6.07, 6.45) is -4.44. The summed E-state index contributed by atoms with van der Waals surface area (Å²) in [4.78, 5) is 8.90. The lowest BCUT2D eigenvalue weighted by Crippen LogP contribution is -2.40. The second kappa shape index (κ2) is 6.69. The minimum Gasteiger partial charge on any atom is -0.439 e. The summed E-state index contributed by atoms with van der Waals surface area (Å²) in [5, 5.41) is 10.2. The molecule has 1 saturated heterocycles. The van der Waals surface area contributed by atoms with Gasteiger partial charge < -0.3 is 20.5 Å². The maximum Gasteiger partial charge on any atom is 0.433 e. The van der Waals surface area contributed by atoms with Crippen LogP contribution in [0.1, 0.15) is 12.1 Å². The van der Waals surface area contributed by atoms with Crippen LogP contribution in [0.15, 0.2) is 30.3 Å². The predicted octanol–water partition coefficient (Wildman–Crippen LogP) is 2.33. The molecule has 2 aromatic rings. The average molecular weight is 372 g/mol. The molecule has 1 aromatic carbocycles. The Morgan fingerprint density at radius 3 is 2.65 bits per heavy atom. The van der Waals surface area contributed by atoms with E-state index in [1.807, 2.05) is 0 Å². The van der Waals surface area contributed by atoms with Gasteiger partial charge in [-0.25, -0.2) is 9.37 Å². The molecule has 0 radical (unpaired) electrons. The van der Waals surface area contributed by atoms with Crippen molar-refractivity contribution >= 4 is 5.95 Å². The van der Waals surface area contributed by atoms with Gasteiger partial charge in [0.25, 0.3) is 0 Å². The van der Waals surface area contributed by atoms with Crippen molar-refractivity contribution in [1.82, 2.24) is 9.97 Å². The zero-order valence-electron chi connectivity index (χ0n) is 13.5. The molecule has 1 atom stereocenters. The Labute approximate surface area is 146 Å². The lowest BCUT2D eigenvalue weighted by atomic mass is 10.0. The SMILES string of the molecule is NCC1(O)CCN(c2nc(Oc3cccc(F)c3)cc(C(F)(F)F)n2)C1. The Balaban J connectivity index is 1.95. The summed E-state index contributed by atoms with van der Waals surface area (Å²) in [6, 6.07) is 5.59. The number of β-amino-alcohol motifs (C(OH)–C–C–N with tert-alkyl or cyclic N) is 1. The van der Waals surface area contributed by atoms with Crippen LogP contribution in [0.5, 0.6) is 11.6 Å². The molecule has 0 aliphatic carbocycles. The highest BCUT2D eigenvalue weighted by molar-refractivity contribution is 5.39. The Kier molecular flexibility index (Phi) is 4.72. The first kappa shape index (κ1) is 18.3. The molecule has 1 aliphatic rings. The van der Waals surface area contributed by atoms with E-state index in [1.54, 1.807) is 0 Å². The van der Waals surface area contributed by atoms with Gasteiger partial charge in [-0.2, -0.15) is 18.2 Å². The first-order chi connectivity index (χ1) is 12.2. The van der Waals surface area contributed by atoms with Gasteiger partial charge in [0.1, 0.15) is 11.6 Å². The van der Waals surface area contributed by atoms with Crippen LogP contribution < -0.4 is 15.4 Å². The number of anilines is 1. The third kappa shape index (κ3) is 4.02. The highest BCUT2D eigenvalue weighted by atomic mass is 19.4. The lowest BCUT2D eigenvalue weighted by Gasteiger charge is -2.22. The predicted molar refractivity (Wildman–Crippen MR) is 84.3 cm³/mol. The van der Waals surface area contributed by atoms with Crippen LogP contribution in [0.2, 0.25) is 0 Å². The van der Waals surface area contributed by atoms with Crippen molar-refractivity contribution in [1.29, 1.82) is 0 Å². The number of halogens is 4. The molecule has 1 aromatic heterocycles. The number of benzene rings is 1. The summed E-state index contributed by atoms with van der Waals surface area (Å²) in [6.45, 7) is 0.216. The molecule has 1 aliphatic heterocycles. The number of hydrogen-bond acceptors (Lipinski definition) is 6. The van der Waals surface area contributed by atoms with E-state index in [-0.39, 0.29) is 43.6 Å². The fraction of sp³-hybridized carbons (Fsp3) is 0.375. The standard InChI is InChI=1S/C16H16F4N4O2/c17-10-2-1-3-11(6-10)26-13-7-12(16(18,19)20)22-14(23-13)24-5-4-15(25,8-21)9-24/h1-3,6-7,25H,4-5,8-9,21H2. The fourth-order valence-corrected chi connectivity index (χ4v) is 2.60. The van der Waals surface area contributed by atoms with Gasteiger partial charge >= 0.3 is 6.18 Å². The summed E-state index contributed by atoms with van der Waals surface area (Å²) in [5.41, 5.74) is 3.09. The highest BCUT2D eigenvalue weighted by Gasteiger charge is 2.38. The third-order valence-electron chi connectivity index (χ3n) is 3.99. The average Bonchev–Trinajstić information content (AvgIpc) is 2.97. The Morgan fingerprint density at radius 2 is 2.04 bits per heavy atom. The van der Waals surface area contributed by atoms with Gasteiger partial charge in [0.05, 0.1) is 12.1 Å². The lowest BCUT2D eigenvalue weighted by molar-refractivity contribution is -0.141. The molecule has 26 heavy (non-hydrogen) atoms. The van der Waals surface area contributed by atoms with E-state index in [0.29, 0.717) is 6.07 Å². The zero-order chi connectivity index (χ0) is 18.9. The molecular weight excluding hydrogens is 356 g/mol. The van der Waals surface area contributed by atoms with Gasteiger partial charge in [0.15, 0.2) is 5.69 Å². The molecule has 1 unspecified atom stereocenters. The Bertz CT molecular complexity index is 802. The van der Waals surface area contributed by atoms with Crippen molar-refractivity contribution in [2.75, 3.05) is 24.5 Å².